The Morgan fingerprint density at radius 3 is 2.37 bits per heavy atom. The number of carbonyl (C=O) groups excluding carboxylic acids is 4. The van der Waals surface area contributed by atoms with E-state index in [0.717, 1.165) is 17.7 Å². The van der Waals surface area contributed by atoms with E-state index in [1.807, 2.05) is 30.3 Å². The minimum Gasteiger partial charge on any atom is -0.481 e. The fourth-order valence-electron chi connectivity index (χ4n) is 4.78. The molecule has 10 nitrogen and oxygen atoms in total. The Bertz CT molecular complexity index is 1560. The fraction of sp³-hybridized carbons (Fsp3) is 0.300. The maximum atomic E-state index is 14.2. The largest absolute Gasteiger partial charge is 0.481 e. The van der Waals surface area contributed by atoms with Crippen LogP contribution in [-0.4, -0.2) is 65.2 Å². The molecule has 0 aromatic heterocycles. The SMILES string of the molecule is Cc1cc(F)c(F)c(OCC(=O)[C@H](CC(=O)O)NC(=O)C2CCN(C(=O)C(=O)Nc3cccc4ccccc34)CC2)c1F. The highest BCUT2D eigenvalue weighted by atomic mass is 19.2. The van der Waals surface area contributed by atoms with Crippen molar-refractivity contribution in [3.05, 3.63) is 71.5 Å². The molecule has 0 spiro atoms. The number of hydrogen-bond donors (Lipinski definition) is 3. The number of nitrogens with one attached hydrogen (secondary N) is 2. The maximum absolute atomic E-state index is 14.2. The predicted molar refractivity (Wildman–Crippen MR) is 148 cm³/mol. The third-order valence-corrected chi connectivity index (χ3v) is 7.13. The molecule has 1 aliphatic heterocycles. The van der Waals surface area contributed by atoms with E-state index in [0.29, 0.717) is 11.8 Å². The molecule has 0 bridgehead atoms. The lowest BCUT2D eigenvalue weighted by Gasteiger charge is -2.31. The summed E-state index contributed by atoms with van der Waals surface area (Å²) in [6, 6.07) is 11.7. The van der Waals surface area contributed by atoms with Gasteiger partial charge in [-0.2, -0.15) is 4.39 Å². The fourth-order valence-corrected chi connectivity index (χ4v) is 4.78. The van der Waals surface area contributed by atoms with E-state index in [2.05, 4.69) is 10.6 Å². The molecule has 4 rings (SSSR count). The van der Waals surface area contributed by atoms with Gasteiger partial charge >= 0.3 is 17.8 Å². The zero-order valence-electron chi connectivity index (χ0n) is 23.0. The van der Waals surface area contributed by atoms with Crippen molar-refractivity contribution in [3.8, 4) is 5.75 Å². The minimum atomic E-state index is -1.65. The molecule has 43 heavy (non-hydrogen) atoms. The molecule has 0 unspecified atom stereocenters. The number of nitrogens with zero attached hydrogens (tertiary/aromatic N) is 1. The number of halogens is 3. The van der Waals surface area contributed by atoms with E-state index >= 15 is 0 Å². The third-order valence-electron chi connectivity index (χ3n) is 7.13. The molecule has 1 saturated heterocycles. The molecular weight excluding hydrogens is 571 g/mol. The Balaban J connectivity index is 1.32. The van der Waals surface area contributed by atoms with Crippen LogP contribution in [0.5, 0.6) is 5.75 Å². The number of ketones is 1. The molecule has 3 N–H and O–H groups in total. The minimum absolute atomic E-state index is 0.0536. The number of benzene rings is 3. The van der Waals surface area contributed by atoms with Crippen LogP contribution in [0, 0.1) is 30.3 Å². The zero-order chi connectivity index (χ0) is 31.3. The number of carbonyl (C=O) groups is 5. The second-order valence-corrected chi connectivity index (χ2v) is 10.1. The summed E-state index contributed by atoms with van der Waals surface area (Å²) >= 11 is 0. The standard InChI is InChI=1S/C30H28F3N3O7/c1-16-13-20(31)26(33)27(25(16)32)43-15-23(37)22(14-24(38)39)35-28(40)18-9-11-36(12-10-18)30(42)29(41)34-21-8-4-6-17-5-2-3-7-19(17)21/h2-8,13,18,22H,9-12,14-15H2,1H3,(H,34,41)(H,35,40)(H,38,39)/t22-/m0/s1. The summed E-state index contributed by atoms with van der Waals surface area (Å²) in [7, 11) is 0. The lowest BCUT2D eigenvalue weighted by molar-refractivity contribution is -0.145. The average Bonchev–Trinajstić information content (AvgIpc) is 2.99. The van der Waals surface area contributed by atoms with Crippen LogP contribution in [0.25, 0.3) is 10.8 Å². The van der Waals surface area contributed by atoms with Crippen molar-refractivity contribution in [1.29, 1.82) is 0 Å². The van der Waals surface area contributed by atoms with Gasteiger partial charge in [-0.05, 0) is 42.8 Å². The molecule has 1 atom stereocenters. The summed E-state index contributed by atoms with van der Waals surface area (Å²) in [6.45, 7) is 0.236. The Labute approximate surface area is 243 Å². The number of Topliss-reactive ketones (excluding diaryl/α,β-unsaturated/α-hetero) is 1. The van der Waals surface area contributed by atoms with Crippen molar-refractivity contribution in [1.82, 2.24) is 10.2 Å². The van der Waals surface area contributed by atoms with E-state index in [1.165, 1.54) is 4.90 Å². The zero-order valence-corrected chi connectivity index (χ0v) is 23.0. The van der Waals surface area contributed by atoms with Crippen LogP contribution >= 0.6 is 0 Å². The van der Waals surface area contributed by atoms with Crippen LogP contribution in [0.2, 0.25) is 0 Å². The molecule has 0 aliphatic carbocycles. The number of hydrogen-bond acceptors (Lipinski definition) is 6. The van der Waals surface area contributed by atoms with Gasteiger partial charge in [-0.25, -0.2) is 8.78 Å². The molecule has 1 fully saturated rings. The lowest BCUT2D eigenvalue weighted by Crippen LogP contribution is -2.50. The van der Waals surface area contributed by atoms with Crippen LogP contribution < -0.4 is 15.4 Å². The van der Waals surface area contributed by atoms with E-state index < -0.39 is 77.7 Å². The summed E-state index contributed by atoms with van der Waals surface area (Å²) in [6.07, 6.45) is -0.585. The van der Waals surface area contributed by atoms with Crippen molar-refractivity contribution in [2.24, 2.45) is 5.92 Å². The number of carboxylic acids is 1. The number of likely N-dealkylation sites (tertiary alicyclic amines) is 1. The lowest BCUT2D eigenvalue weighted by atomic mass is 9.95. The number of ether oxygens (including phenoxy) is 1. The van der Waals surface area contributed by atoms with E-state index in [1.54, 1.807) is 12.1 Å². The van der Waals surface area contributed by atoms with Crippen LogP contribution in [0.1, 0.15) is 24.8 Å². The summed E-state index contributed by atoms with van der Waals surface area (Å²) in [5.74, 6) is -10.9. The Hall–Kier alpha value is -4.94. The molecule has 1 heterocycles. The number of anilines is 1. The number of piperidine rings is 1. The number of aryl methyl sites for hydroxylation is 1. The highest BCUT2D eigenvalue weighted by Crippen LogP contribution is 2.27. The first kappa shape index (κ1) is 31.0. The first-order valence-corrected chi connectivity index (χ1v) is 13.4. The van der Waals surface area contributed by atoms with Crippen LogP contribution in [0.4, 0.5) is 18.9 Å². The van der Waals surface area contributed by atoms with Crippen molar-refractivity contribution in [3.63, 3.8) is 0 Å². The summed E-state index contributed by atoms with van der Waals surface area (Å²) in [4.78, 5) is 63.7. The van der Waals surface area contributed by atoms with Crippen molar-refractivity contribution >= 4 is 45.9 Å². The van der Waals surface area contributed by atoms with Gasteiger partial charge in [0.1, 0.15) is 12.6 Å². The molecule has 226 valence electrons. The van der Waals surface area contributed by atoms with Gasteiger partial charge in [0.25, 0.3) is 0 Å². The van der Waals surface area contributed by atoms with Crippen molar-refractivity contribution < 1.29 is 47.0 Å². The smallest absolute Gasteiger partial charge is 0.313 e. The van der Waals surface area contributed by atoms with Gasteiger partial charge in [-0.15, -0.1) is 0 Å². The van der Waals surface area contributed by atoms with Crippen LogP contribution in [0.3, 0.4) is 0 Å². The number of amides is 3. The molecule has 3 aromatic carbocycles. The highest BCUT2D eigenvalue weighted by molar-refractivity contribution is 6.40. The van der Waals surface area contributed by atoms with Gasteiger partial charge in [0.15, 0.2) is 23.2 Å². The number of aliphatic carboxylic acids is 1. The second-order valence-electron chi connectivity index (χ2n) is 10.1. The quantitative estimate of drug-likeness (QED) is 0.253. The topological polar surface area (TPSA) is 142 Å². The molecular formula is C30H28F3N3O7. The number of fused-ring (bicyclic) bond motifs is 1. The first-order valence-electron chi connectivity index (χ1n) is 13.4. The summed E-state index contributed by atoms with van der Waals surface area (Å²) < 4.78 is 46.7. The van der Waals surface area contributed by atoms with Crippen LogP contribution in [0.15, 0.2) is 48.5 Å². The molecule has 3 amide bonds. The average molecular weight is 600 g/mol. The van der Waals surface area contributed by atoms with Gasteiger partial charge in [0.2, 0.25) is 11.7 Å². The molecule has 1 aliphatic rings. The second kappa shape index (κ2) is 13.4. The van der Waals surface area contributed by atoms with Gasteiger partial charge in [-0.1, -0.05) is 36.4 Å². The Kier molecular flexibility index (Phi) is 9.63. The first-order chi connectivity index (χ1) is 20.5. The predicted octanol–water partition coefficient (Wildman–Crippen LogP) is 3.35. The van der Waals surface area contributed by atoms with Crippen LogP contribution in [-0.2, 0) is 24.0 Å². The molecule has 13 heteroatoms. The van der Waals surface area contributed by atoms with Gasteiger partial charge in [0, 0.05) is 30.1 Å². The highest BCUT2D eigenvalue weighted by Gasteiger charge is 2.33. The number of rotatable bonds is 9. The van der Waals surface area contributed by atoms with E-state index in [4.69, 9.17) is 4.74 Å². The molecule has 3 aromatic rings. The third kappa shape index (κ3) is 7.29. The van der Waals surface area contributed by atoms with Crippen molar-refractivity contribution in [2.75, 3.05) is 25.0 Å². The normalized spacial score (nSPS) is 14.2. The molecule has 0 saturated carbocycles. The van der Waals surface area contributed by atoms with Crippen molar-refractivity contribution in [2.45, 2.75) is 32.2 Å². The molecule has 0 radical (unpaired) electrons. The number of carboxylic acid groups (broad SMARTS) is 1. The van der Waals surface area contributed by atoms with Gasteiger partial charge < -0.3 is 25.4 Å². The van der Waals surface area contributed by atoms with E-state index in [-0.39, 0.29) is 31.5 Å². The maximum Gasteiger partial charge on any atom is 0.313 e. The van der Waals surface area contributed by atoms with Gasteiger partial charge in [-0.3, -0.25) is 24.0 Å². The monoisotopic (exact) mass is 599 g/mol. The summed E-state index contributed by atoms with van der Waals surface area (Å²) in [5, 5.41) is 15.8. The summed E-state index contributed by atoms with van der Waals surface area (Å²) in [5.41, 5.74) is 0.203. The van der Waals surface area contributed by atoms with Gasteiger partial charge in [0.05, 0.1) is 6.42 Å². The van der Waals surface area contributed by atoms with E-state index in [9.17, 15) is 42.3 Å². The Morgan fingerprint density at radius 1 is 1.00 bits per heavy atom. The Morgan fingerprint density at radius 2 is 1.67 bits per heavy atom.